The van der Waals surface area contributed by atoms with Crippen LogP contribution >= 0.6 is 0 Å². The predicted octanol–water partition coefficient (Wildman–Crippen LogP) is 2.44. The number of hydrogen-bond donors (Lipinski definition) is 0. The van der Waals surface area contributed by atoms with Crippen LogP contribution in [0.3, 0.4) is 0 Å². The molecule has 0 bridgehead atoms. The minimum atomic E-state index is -0.463. The van der Waals surface area contributed by atoms with Crippen molar-refractivity contribution in [2.24, 2.45) is 11.8 Å². The first-order valence-corrected chi connectivity index (χ1v) is 8.15. The number of carbonyl (C=O) groups excluding carboxylic acids is 2. The lowest BCUT2D eigenvalue weighted by Gasteiger charge is -2.25. The van der Waals surface area contributed by atoms with E-state index in [1.807, 2.05) is 27.7 Å². The molecule has 3 heterocycles. The SMILES string of the molecule is CC(C)C1COC(=O)N1c1ccnc(N2C(=O)OCC2C(C)C)n1. The minimum absolute atomic E-state index is 0.0910. The summed E-state index contributed by atoms with van der Waals surface area (Å²) in [5.74, 6) is 1.10. The number of ether oxygens (including phenoxy) is 2. The second-order valence-corrected chi connectivity index (χ2v) is 6.73. The molecule has 2 unspecified atom stereocenters. The first-order chi connectivity index (χ1) is 11.4. The molecule has 0 radical (unpaired) electrons. The van der Waals surface area contributed by atoms with Crippen molar-refractivity contribution in [1.82, 2.24) is 9.97 Å². The van der Waals surface area contributed by atoms with Gasteiger partial charge in [-0.15, -0.1) is 0 Å². The Balaban J connectivity index is 1.94. The maximum atomic E-state index is 12.1. The Bertz CT molecular complexity index is 597. The Kier molecular flexibility index (Phi) is 4.29. The standard InChI is InChI=1S/C16H22N4O4/c1-9(2)11-7-23-15(21)19(11)13-5-6-17-14(18-13)20-12(10(3)4)8-24-16(20)22/h5-6,9-12H,7-8H2,1-4H3. The number of hydrogen-bond acceptors (Lipinski definition) is 6. The van der Waals surface area contributed by atoms with E-state index in [0.717, 1.165) is 0 Å². The van der Waals surface area contributed by atoms with Crippen molar-refractivity contribution in [1.29, 1.82) is 0 Å². The Morgan fingerprint density at radius 3 is 2.12 bits per heavy atom. The molecule has 24 heavy (non-hydrogen) atoms. The maximum Gasteiger partial charge on any atom is 0.417 e. The zero-order valence-corrected chi connectivity index (χ0v) is 14.3. The number of nitrogens with zero attached hydrogens (tertiary/aromatic N) is 4. The summed E-state index contributed by atoms with van der Waals surface area (Å²) in [6.07, 6.45) is 0.655. The van der Waals surface area contributed by atoms with Crippen molar-refractivity contribution in [3.63, 3.8) is 0 Å². The summed E-state index contributed by atoms with van der Waals surface area (Å²) in [6.45, 7) is 8.70. The summed E-state index contributed by atoms with van der Waals surface area (Å²) in [6, 6.07) is 1.43. The average molecular weight is 334 g/mol. The van der Waals surface area contributed by atoms with E-state index in [0.29, 0.717) is 19.0 Å². The maximum absolute atomic E-state index is 12.1. The summed E-state index contributed by atoms with van der Waals surface area (Å²) >= 11 is 0. The van der Waals surface area contributed by atoms with E-state index in [9.17, 15) is 9.59 Å². The molecule has 0 N–H and O–H groups in total. The van der Waals surface area contributed by atoms with Crippen molar-refractivity contribution < 1.29 is 19.1 Å². The lowest BCUT2D eigenvalue weighted by atomic mass is 10.0. The highest BCUT2D eigenvalue weighted by Crippen LogP contribution is 2.29. The number of aromatic nitrogens is 2. The number of anilines is 2. The fourth-order valence-corrected chi connectivity index (χ4v) is 2.94. The topological polar surface area (TPSA) is 84.9 Å². The Hall–Kier alpha value is -2.38. The van der Waals surface area contributed by atoms with E-state index in [1.54, 1.807) is 12.3 Å². The van der Waals surface area contributed by atoms with Crippen LogP contribution in [0.5, 0.6) is 0 Å². The summed E-state index contributed by atoms with van der Waals surface area (Å²) in [4.78, 5) is 35.8. The van der Waals surface area contributed by atoms with Crippen LogP contribution in [-0.4, -0.2) is 47.5 Å². The van der Waals surface area contributed by atoms with Crippen molar-refractivity contribution in [3.05, 3.63) is 12.3 Å². The van der Waals surface area contributed by atoms with E-state index in [4.69, 9.17) is 9.47 Å². The quantitative estimate of drug-likeness (QED) is 0.841. The molecule has 0 aliphatic carbocycles. The Morgan fingerprint density at radius 2 is 1.54 bits per heavy atom. The first kappa shape index (κ1) is 16.5. The van der Waals surface area contributed by atoms with Gasteiger partial charge in [0.1, 0.15) is 19.0 Å². The van der Waals surface area contributed by atoms with Gasteiger partial charge in [0.25, 0.3) is 0 Å². The van der Waals surface area contributed by atoms with E-state index >= 15 is 0 Å². The summed E-state index contributed by atoms with van der Waals surface area (Å²) in [5.41, 5.74) is 0. The van der Waals surface area contributed by atoms with E-state index in [1.165, 1.54) is 9.80 Å². The number of cyclic esters (lactones) is 2. The minimum Gasteiger partial charge on any atom is -0.447 e. The molecule has 2 aliphatic rings. The molecule has 3 rings (SSSR count). The van der Waals surface area contributed by atoms with Gasteiger partial charge in [-0.1, -0.05) is 27.7 Å². The van der Waals surface area contributed by atoms with Gasteiger partial charge < -0.3 is 9.47 Å². The summed E-state index contributed by atoms with van der Waals surface area (Å²) in [5, 5.41) is 0. The third-order valence-electron chi connectivity index (χ3n) is 4.44. The van der Waals surface area contributed by atoms with Crippen LogP contribution in [0.25, 0.3) is 0 Å². The number of rotatable bonds is 4. The molecular formula is C16H22N4O4. The van der Waals surface area contributed by atoms with E-state index in [-0.39, 0.29) is 29.9 Å². The largest absolute Gasteiger partial charge is 0.447 e. The highest BCUT2D eigenvalue weighted by molar-refractivity contribution is 5.91. The Labute approximate surface area is 140 Å². The molecule has 8 nitrogen and oxygen atoms in total. The van der Waals surface area contributed by atoms with Gasteiger partial charge in [0.2, 0.25) is 5.95 Å². The van der Waals surface area contributed by atoms with Crippen LogP contribution in [-0.2, 0) is 9.47 Å². The zero-order chi connectivity index (χ0) is 17.4. The van der Waals surface area contributed by atoms with Gasteiger partial charge in [-0.25, -0.2) is 19.5 Å². The number of amides is 2. The second-order valence-electron chi connectivity index (χ2n) is 6.73. The predicted molar refractivity (Wildman–Crippen MR) is 86.9 cm³/mol. The van der Waals surface area contributed by atoms with Crippen LogP contribution < -0.4 is 9.80 Å². The lowest BCUT2D eigenvalue weighted by molar-refractivity contribution is 0.176. The number of carbonyl (C=O) groups is 2. The summed E-state index contributed by atoms with van der Waals surface area (Å²) < 4.78 is 10.3. The third kappa shape index (κ3) is 2.76. The lowest BCUT2D eigenvalue weighted by Crippen LogP contribution is -2.40. The molecule has 2 atom stereocenters. The van der Waals surface area contributed by atoms with Gasteiger partial charge in [0, 0.05) is 6.20 Å². The molecule has 8 heteroatoms. The van der Waals surface area contributed by atoms with E-state index in [2.05, 4.69) is 9.97 Å². The average Bonchev–Trinajstić information content (AvgIpc) is 3.10. The van der Waals surface area contributed by atoms with Crippen LogP contribution in [0.2, 0.25) is 0 Å². The third-order valence-corrected chi connectivity index (χ3v) is 4.44. The molecule has 1 aromatic rings. The molecular weight excluding hydrogens is 312 g/mol. The zero-order valence-electron chi connectivity index (χ0n) is 14.3. The molecule has 0 aromatic carbocycles. The van der Waals surface area contributed by atoms with E-state index < -0.39 is 12.2 Å². The fraction of sp³-hybridized carbons (Fsp3) is 0.625. The van der Waals surface area contributed by atoms with Crippen LogP contribution in [0, 0.1) is 11.8 Å². The van der Waals surface area contributed by atoms with Crippen LogP contribution in [0.15, 0.2) is 12.3 Å². The molecule has 2 amide bonds. The van der Waals surface area contributed by atoms with Gasteiger partial charge in [0.05, 0.1) is 12.1 Å². The Morgan fingerprint density at radius 1 is 1.00 bits per heavy atom. The van der Waals surface area contributed by atoms with Crippen LogP contribution in [0.1, 0.15) is 27.7 Å². The van der Waals surface area contributed by atoms with Gasteiger partial charge in [-0.2, -0.15) is 4.98 Å². The molecule has 2 saturated heterocycles. The van der Waals surface area contributed by atoms with Gasteiger partial charge >= 0.3 is 12.2 Å². The second kappa shape index (κ2) is 6.26. The van der Waals surface area contributed by atoms with Gasteiger partial charge in [0.15, 0.2) is 0 Å². The van der Waals surface area contributed by atoms with Crippen molar-refractivity contribution >= 4 is 24.0 Å². The molecule has 2 fully saturated rings. The molecule has 0 spiro atoms. The van der Waals surface area contributed by atoms with Crippen molar-refractivity contribution in [3.8, 4) is 0 Å². The molecule has 2 aliphatic heterocycles. The fourth-order valence-electron chi connectivity index (χ4n) is 2.94. The normalized spacial score (nSPS) is 24.1. The first-order valence-electron chi connectivity index (χ1n) is 8.15. The highest BCUT2D eigenvalue weighted by atomic mass is 16.6. The molecule has 130 valence electrons. The van der Waals surface area contributed by atoms with Crippen molar-refractivity contribution in [2.45, 2.75) is 39.8 Å². The smallest absolute Gasteiger partial charge is 0.417 e. The van der Waals surface area contributed by atoms with Gasteiger partial charge in [-0.05, 0) is 17.9 Å². The molecule has 0 saturated carbocycles. The summed E-state index contributed by atoms with van der Waals surface area (Å²) in [7, 11) is 0. The molecule has 1 aromatic heterocycles. The van der Waals surface area contributed by atoms with Crippen molar-refractivity contribution in [2.75, 3.05) is 23.0 Å². The highest BCUT2D eigenvalue weighted by Gasteiger charge is 2.40. The monoisotopic (exact) mass is 334 g/mol. The van der Waals surface area contributed by atoms with Crippen LogP contribution in [0.4, 0.5) is 21.4 Å². The van der Waals surface area contributed by atoms with Gasteiger partial charge in [-0.3, -0.25) is 4.90 Å².